The first-order chi connectivity index (χ1) is 7.18. The molecule has 0 bridgehead atoms. The van der Waals surface area contributed by atoms with Crippen molar-refractivity contribution in [1.29, 1.82) is 0 Å². The van der Waals surface area contributed by atoms with E-state index in [1.54, 1.807) is 10.9 Å². The Morgan fingerprint density at radius 3 is 2.80 bits per heavy atom. The van der Waals surface area contributed by atoms with E-state index < -0.39 is 5.97 Å². The predicted octanol–water partition coefficient (Wildman–Crippen LogP) is 0.848. The Hall–Kier alpha value is -1.36. The molecule has 15 heavy (non-hydrogen) atoms. The summed E-state index contributed by atoms with van der Waals surface area (Å²) in [5.41, 5.74) is 0.296. The molecule has 0 aliphatic carbocycles. The highest BCUT2D eigenvalue weighted by Gasteiger charge is 2.21. The van der Waals surface area contributed by atoms with Crippen LogP contribution in [0.4, 0.5) is 0 Å². The highest BCUT2D eigenvalue weighted by atomic mass is 16.4. The Bertz CT molecular complexity index is 353. The zero-order valence-corrected chi connectivity index (χ0v) is 8.76. The Morgan fingerprint density at radius 1 is 1.53 bits per heavy atom. The molecule has 0 spiro atoms. The van der Waals surface area contributed by atoms with Crippen molar-refractivity contribution in [3.8, 4) is 0 Å². The van der Waals surface area contributed by atoms with Gasteiger partial charge in [0.25, 0.3) is 0 Å². The molecule has 0 radical (unpaired) electrons. The maximum absolute atomic E-state index is 10.9. The van der Waals surface area contributed by atoms with Crippen molar-refractivity contribution in [2.24, 2.45) is 0 Å². The number of hydrogen-bond donors (Lipinski definition) is 1. The normalized spacial score (nSPS) is 19.3. The molecule has 0 saturated carbocycles. The average molecular weight is 209 g/mol. The van der Waals surface area contributed by atoms with E-state index in [4.69, 9.17) is 5.11 Å². The summed E-state index contributed by atoms with van der Waals surface area (Å²) in [4.78, 5) is 17.1. The van der Waals surface area contributed by atoms with Crippen LogP contribution in [0, 0.1) is 0 Å². The maximum atomic E-state index is 10.9. The highest BCUT2D eigenvalue weighted by Crippen LogP contribution is 2.22. The number of aromatic nitrogens is 2. The number of nitrogens with zero attached hydrogens (tertiary/aromatic N) is 3. The van der Waals surface area contributed by atoms with Crippen molar-refractivity contribution in [2.75, 3.05) is 20.1 Å². The van der Waals surface area contributed by atoms with Crippen LogP contribution in [0.25, 0.3) is 0 Å². The Morgan fingerprint density at radius 2 is 2.20 bits per heavy atom. The third-order valence-corrected chi connectivity index (χ3v) is 2.97. The first-order valence-electron chi connectivity index (χ1n) is 5.12. The number of carboxylic acids is 1. The lowest BCUT2D eigenvalue weighted by atomic mass is 10.1. The third kappa shape index (κ3) is 2.02. The van der Waals surface area contributed by atoms with E-state index in [1.807, 2.05) is 0 Å². The van der Waals surface area contributed by atoms with Crippen molar-refractivity contribution < 1.29 is 9.90 Å². The van der Waals surface area contributed by atoms with Gasteiger partial charge in [-0.05, 0) is 33.0 Å². The van der Waals surface area contributed by atoms with E-state index in [1.165, 1.54) is 6.20 Å². The second-order valence-electron chi connectivity index (χ2n) is 4.03. The standard InChI is InChI=1S/C10H15N3O2/c1-12-4-2-8(3-5-12)13-7-11-6-9(13)10(14)15/h6-8H,2-5H2,1H3,(H,14,15). The molecule has 0 amide bonds. The summed E-state index contributed by atoms with van der Waals surface area (Å²) >= 11 is 0. The van der Waals surface area contributed by atoms with E-state index in [0.717, 1.165) is 25.9 Å². The monoisotopic (exact) mass is 209 g/mol. The Balaban J connectivity index is 2.15. The molecule has 1 N–H and O–H groups in total. The Kier molecular flexibility index (Phi) is 2.73. The zero-order chi connectivity index (χ0) is 10.8. The van der Waals surface area contributed by atoms with Crippen molar-refractivity contribution >= 4 is 5.97 Å². The summed E-state index contributed by atoms with van der Waals surface area (Å²) in [6.45, 7) is 2.03. The molecular weight excluding hydrogens is 194 g/mol. The van der Waals surface area contributed by atoms with Gasteiger partial charge in [0.05, 0.1) is 12.5 Å². The topological polar surface area (TPSA) is 58.4 Å². The van der Waals surface area contributed by atoms with E-state index in [-0.39, 0.29) is 6.04 Å². The minimum atomic E-state index is -0.897. The number of hydrogen-bond acceptors (Lipinski definition) is 3. The predicted molar refractivity (Wildman–Crippen MR) is 55.0 cm³/mol. The summed E-state index contributed by atoms with van der Waals surface area (Å²) in [5.74, 6) is -0.897. The van der Waals surface area contributed by atoms with Gasteiger partial charge in [0.2, 0.25) is 0 Å². The molecule has 1 aliphatic rings. The first-order valence-corrected chi connectivity index (χ1v) is 5.12. The van der Waals surface area contributed by atoms with Gasteiger partial charge in [-0.15, -0.1) is 0 Å². The molecule has 1 aromatic rings. The van der Waals surface area contributed by atoms with Crippen LogP contribution in [0.15, 0.2) is 12.5 Å². The second kappa shape index (κ2) is 4.02. The van der Waals surface area contributed by atoms with Crippen LogP contribution in [0.1, 0.15) is 29.4 Å². The van der Waals surface area contributed by atoms with Gasteiger partial charge in [0, 0.05) is 6.04 Å². The number of carboxylic acid groups (broad SMARTS) is 1. The molecule has 5 nitrogen and oxygen atoms in total. The fourth-order valence-corrected chi connectivity index (χ4v) is 2.03. The van der Waals surface area contributed by atoms with Crippen molar-refractivity contribution in [3.05, 3.63) is 18.2 Å². The maximum Gasteiger partial charge on any atom is 0.354 e. The van der Waals surface area contributed by atoms with E-state index >= 15 is 0 Å². The lowest BCUT2D eigenvalue weighted by molar-refractivity contribution is 0.0679. The van der Waals surface area contributed by atoms with Crippen LogP contribution >= 0.6 is 0 Å². The molecule has 2 heterocycles. The van der Waals surface area contributed by atoms with Crippen LogP contribution in [0.2, 0.25) is 0 Å². The fraction of sp³-hybridized carbons (Fsp3) is 0.600. The van der Waals surface area contributed by atoms with Gasteiger partial charge in [-0.1, -0.05) is 0 Å². The van der Waals surface area contributed by atoms with Crippen LogP contribution in [-0.2, 0) is 0 Å². The van der Waals surface area contributed by atoms with Crippen molar-refractivity contribution in [3.63, 3.8) is 0 Å². The number of imidazole rings is 1. The molecular formula is C10H15N3O2. The molecule has 0 unspecified atom stereocenters. The zero-order valence-electron chi connectivity index (χ0n) is 8.76. The summed E-state index contributed by atoms with van der Waals surface area (Å²) in [5, 5.41) is 8.97. The minimum absolute atomic E-state index is 0.287. The third-order valence-electron chi connectivity index (χ3n) is 2.97. The molecule has 1 aromatic heterocycles. The van der Waals surface area contributed by atoms with Gasteiger partial charge in [-0.2, -0.15) is 0 Å². The number of piperidine rings is 1. The second-order valence-corrected chi connectivity index (χ2v) is 4.03. The van der Waals surface area contributed by atoms with Crippen LogP contribution in [0.5, 0.6) is 0 Å². The fourth-order valence-electron chi connectivity index (χ4n) is 2.03. The largest absolute Gasteiger partial charge is 0.477 e. The summed E-state index contributed by atoms with van der Waals surface area (Å²) < 4.78 is 1.79. The van der Waals surface area contributed by atoms with Gasteiger partial charge in [-0.25, -0.2) is 9.78 Å². The molecule has 5 heteroatoms. The highest BCUT2D eigenvalue weighted by molar-refractivity contribution is 5.85. The number of likely N-dealkylation sites (tertiary alicyclic amines) is 1. The van der Waals surface area contributed by atoms with E-state index in [2.05, 4.69) is 16.9 Å². The number of rotatable bonds is 2. The molecule has 1 saturated heterocycles. The minimum Gasteiger partial charge on any atom is -0.477 e. The number of carbonyl (C=O) groups is 1. The van der Waals surface area contributed by atoms with Crippen LogP contribution in [0.3, 0.4) is 0 Å². The average Bonchev–Trinajstić information content (AvgIpc) is 2.67. The lowest BCUT2D eigenvalue weighted by Gasteiger charge is -2.30. The molecule has 0 aromatic carbocycles. The van der Waals surface area contributed by atoms with E-state index in [0.29, 0.717) is 5.69 Å². The van der Waals surface area contributed by atoms with E-state index in [9.17, 15) is 4.79 Å². The summed E-state index contributed by atoms with van der Waals surface area (Å²) in [6, 6.07) is 0.287. The number of aromatic carboxylic acids is 1. The van der Waals surface area contributed by atoms with Gasteiger partial charge in [0.1, 0.15) is 5.69 Å². The first kappa shape index (κ1) is 10.2. The van der Waals surface area contributed by atoms with Gasteiger partial charge in [0.15, 0.2) is 0 Å². The quantitative estimate of drug-likeness (QED) is 0.784. The lowest BCUT2D eigenvalue weighted by Crippen LogP contribution is -2.32. The molecule has 1 fully saturated rings. The van der Waals surface area contributed by atoms with Crippen molar-refractivity contribution in [1.82, 2.24) is 14.5 Å². The molecule has 2 rings (SSSR count). The SMILES string of the molecule is CN1CCC(n2cncc2C(=O)O)CC1. The van der Waals surface area contributed by atoms with Gasteiger partial charge < -0.3 is 14.6 Å². The van der Waals surface area contributed by atoms with Gasteiger partial charge >= 0.3 is 5.97 Å². The summed E-state index contributed by atoms with van der Waals surface area (Å²) in [6.07, 6.45) is 5.03. The molecule has 0 atom stereocenters. The smallest absolute Gasteiger partial charge is 0.354 e. The van der Waals surface area contributed by atoms with Gasteiger partial charge in [-0.3, -0.25) is 0 Å². The Labute approximate surface area is 88.3 Å². The van der Waals surface area contributed by atoms with Crippen LogP contribution < -0.4 is 0 Å². The summed E-state index contributed by atoms with van der Waals surface area (Å²) in [7, 11) is 2.09. The van der Waals surface area contributed by atoms with Crippen molar-refractivity contribution in [2.45, 2.75) is 18.9 Å². The van der Waals surface area contributed by atoms with Crippen LogP contribution in [-0.4, -0.2) is 45.7 Å². The molecule has 82 valence electrons. The molecule has 1 aliphatic heterocycles.